The molecule has 0 saturated heterocycles. The summed E-state index contributed by atoms with van der Waals surface area (Å²) >= 11 is 7.10. The van der Waals surface area contributed by atoms with Crippen molar-refractivity contribution in [2.45, 2.75) is 17.9 Å². The molecule has 0 amide bonds. The van der Waals surface area contributed by atoms with Crippen LogP contribution in [0.15, 0.2) is 41.3 Å². The molecule has 0 unspecified atom stereocenters. The smallest absolute Gasteiger partial charge is 0.207 e. The summed E-state index contributed by atoms with van der Waals surface area (Å²) < 4.78 is 40.3. The Hall–Kier alpha value is -0.950. The molecule has 1 heterocycles. The van der Waals surface area contributed by atoms with Gasteiger partial charge >= 0.3 is 0 Å². The number of rotatable bonds is 4. The van der Waals surface area contributed by atoms with Crippen molar-refractivity contribution in [1.82, 2.24) is 4.72 Å². The van der Waals surface area contributed by atoms with Crippen molar-refractivity contribution in [3.63, 3.8) is 0 Å². The third-order valence-electron chi connectivity index (χ3n) is 2.46. The van der Waals surface area contributed by atoms with Crippen molar-refractivity contribution >= 4 is 33.0 Å². The number of benzene rings is 1. The lowest BCUT2D eigenvalue weighted by Gasteiger charge is -2.12. The maximum Gasteiger partial charge on any atom is 0.241 e. The van der Waals surface area contributed by atoms with E-state index >= 15 is 0 Å². The van der Waals surface area contributed by atoms with E-state index in [0.29, 0.717) is 4.34 Å². The summed E-state index contributed by atoms with van der Waals surface area (Å²) in [7, 11) is -3.75. The second-order valence-electron chi connectivity index (χ2n) is 3.94. The summed E-state index contributed by atoms with van der Waals surface area (Å²) in [5, 5.41) is 0. The van der Waals surface area contributed by atoms with Gasteiger partial charge in [-0.1, -0.05) is 17.7 Å². The van der Waals surface area contributed by atoms with Gasteiger partial charge in [0.1, 0.15) is 5.82 Å². The first kappa shape index (κ1) is 14.5. The Labute approximate surface area is 120 Å². The van der Waals surface area contributed by atoms with Crippen LogP contribution < -0.4 is 4.72 Å². The third-order valence-corrected chi connectivity index (χ3v) is 5.41. The summed E-state index contributed by atoms with van der Waals surface area (Å²) in [6, 6.07) is 7.92. The van der Waals surface area contributed by atoms with Crippen molar-refractivity contribution in [3.05, 3.63) is 51.4 Å². The van der Waals surface area contributed by atoms with Crippen LogP contribution in [0.5, 0.6) is 0 Å². The maximum atomic E-state index is 13.1. The van der Waals surface area contributed by atoms with Crippen LogP contribution in [0.4, 0.5) is 4.39 Å². The van der Waals surface area contributed by atoms with E-state index < -0.39 is 21.9 Å². The minimum absolute atomic E-state index is 0.0954. The molecule has 2 aromatic rings. The second kappa shape index (κ2) is 5.58. The predicted molar refractivity (Wildman–Crippen MR) is 74.5 cm³/mol. The fourth-order valence-corrected chi connectivity index (χ4v) is 3.95. The molecule has 0 fully saturated rings. The van der Waals surface area contributed by atoms with Crippen LogP contribution in [0.2, 0.25) is 4.34 Å². The van der Waals surface area contributed by atoms with Gasteiger partial charge in [-0.05, 0) is 37.3 Å². The zero-order valence-electron chi connectivity index (χ0n) is 9.93. The summed E-state index contributed by atoms with van der Waals surface area (Å²) in [5.41, 5.74) is 0. The zero-order valence-corrected chi connectivity index (χ0v) is 12.3. The van der Waals surface area contributed by atoms with E-state index in [1.54, 1.807) is 19.1 Å². The molecule has 102 valence electrons. The quantitative estimate of drug-likeness (QED) is 0.936. The molecule has 1 atom stereocenters. The summed E-state index contributed by atoms with van der Waals surface area (Å²) in [6.07, 6.45) is 0. The number of sulfonamides is 1. The van der Waals surface area contributed by atoms with E-state index in [9.17, 15) is 12.8 Å². The van der Waals surface area contributed by atoms with Gasteiger partial charge in [0.05, 0.1) is 15.3 Å². The lowest BCUT2D eigenvalue weighted by molar-refractivity contribution is 0.565. The van der Waals surface area contributed by atoms with Crippen LogP contribution in [-0.2, 0) is 10.0 Å². The van der Waals surface area contributed by atoms with Crippen LogP contribution in [-0.4, -0.2) is 8.42 Å². The van der Waals surface area contributed by atoms with Crippen LogP contribution in [0, 0.1) is 5.82 Å². The molecule has 2 rings (SSSR count). The second-order valence-corrected chi connectivity index (χ2v) is 7.40. The Balaban J connectivity index is 2.22. The minimum Gasteiger partial charge on any atom is -0.207 e. The fraction of sp³-hybridized carbons (Fsp3) is 0.167. The van der Waals surface area contributed by atoms with Crippen LogP contribution >= 0.6 is 22.9 Å². The van der Waals surface area contributed by atoms with Crippen LogP contribution in [0.25, 0.3) is 0 Å². The van der Waals surface area contributed by atoms with Gasteiger partial charge in [-0.15, -0.1) is 11.3 Å². The van der Waals surface area contributed by atoms with Crippen molar-refractivity contribution in [1.29, 1.82) is 0 Å². The molecule has 0 radical (unpaired) electrons. The fourth-order valence-electron chi connectivity index (χ4n) is 1.55. The molecule has 1 N–H and O–H groups in total. The molecule has 19 heavy (non-hydrogen) atoms. The number of nitrogens with one attached hydrogen (secondary N) is 1. The molecule has 0 spiro atoms. The van der Waals surface area contributed by atoms with Gasteiger partial charge in [-0.25, -0.2) is 17.5 Å². The van der Waals surface area contributed by atoms with Gasteiger partial charge in [0, 0.05) is 4.88 Å². The molecule has 0 aliphatic heterocycles. The SMILES string of the molecule is C[C@H](NS(=O)(=O)c1cccc(F)c1)c1ccc(Cl)s1. The maximum absolute atomic E-state index is 13.1. The standard InChI is InChI=1S/C12H11ClFNO2S2/c1-8(11-5-6-12(13)18-11)15-19(16,17)10-4-2-3-9(14)7-10/h2-8,15H,1H3/t8-/m0/s1. The highest BCUT2D eigenvalue weighted by atomic mass is 35.5. The molecule has 0 saturated carbocycles. The van der Waals surface area contributed by atoms with E-state index in [2.05, 4.69) is 4.72 Å². The van der Waals surface area contributed by atoms with Crippen molar-refractivity contribution < 1.29 is 12.8 Å². The molecule has 1 aromatic carbocycles. The van der Waals surface area contributed by atoms with Crippen LogP contribution in [0.3, 0.4) is 0 Å². The average molecular weight is 320 g/mol. The van der Waals surface area contributed by atoms with E-state index in [1.807, 2.05) is 0 Å². The molecule has 1 aromatic heterocycles. The van der Waals surface area contributed by atoms with E-state index in [-0.39, 0.29) is 4.90 Å². The highest BCUT2D eigenvalue weighted by Gasteiger charge is 2.19. The van der Waals surface area contributed by atoms with Crippen molar-refractivity contribution in [2.24, 2.45) is 0 Å². The predicted octanol–water partition coefficient (Wildman–Crippen LogP) is 3.58. The van der Waals surface area contributed by atoms with Crippen LogP contribution in [0.1, 0.15) is 17.8 Å². The van der Waals surface area contributed by atoms with Gasteiger partial charge in [0.15, 0.2) is 0 Å². The van der Waals surface area contributed by atoms with Gasteiger partial charge in [-0.2, -0.15) is 0 Å². The molecular formula is C12H11ClFNO2S2. The Bertz CT molecular complexity index is 685. The van der Waals surface area contributed by atoms with Gasteiger partial charge in [0.2, 0.25) is 10.0 Å². The van der Waals surface area contributed by atoms with Gasteiger partial charge in [0.25, 0.3) is 0 Å². The number of hydrogen-bond donors (Lipinski definition) is 1. The molecule has 3 nitrogen and oxygen atoms in total. The van der Waals surface area contributed by atoms with Gasteiger partial charge < -0.3 is 0 Å². The highest BCUT2D eigenvalue weighted by molar-refractivity contribution is 7.89. The Morgan fingerprint density at radius 2 is 2.05 bits per heavy atom. The lowest BCUT2D eigenvalue weighted by atomic mass is 10.3. The summed E-state index contributed by atoms with van der Waals surface area (Å²) in [5.74, 6) is -0.588. The van der Waals surface area contributed by atoms with Crippen molar-refractivity contribution in [2.75, 3.05) is 0 Å². The van der Waals surface area contributed by atoms with Gasteiger partial charge in [-0.3, -0.25) is 0 Å². The van der Waals surface area contributed by atoms with Crippen molar-refractivity contribution in [3.8, 4) is 0 Å². The van der Waals surface area contributed by atoms with E-state index in [4.69, 9.17) is 11.6 Å². The lowest BCUT2D eigenvalue weighted by Crippen LogP contribution is -2.26. The molecule has 7 heteroatoms. The summed E-state index contributed by atoms with van der Waals surface area (Å²) in [4.78, 5) is 0.701. The monoisotopic (exact) mass is 319 g/mol. The van der Waals surface area contributed by atoms with E-state index in [1.165, 1.54) is 29.5 Å². The normalized spacial score (nSPS) is 13.4. The minimum atomic E-state index is -3.75. The molecule has 0 aliphatic carbocycles. The Morgan fingerprint density at radius 3 is 2.63 bits per heavy atom. The first-order valence-corrected chi connectivity index (χ1v) is 8.09. The largest absolute Gasteiger partial charge is 0.241 e. The first-order valence-electron chi connectivity index (χ1n) is 5.41. The zero-order chi connectivity index (χ0) is 14.0. The Morgan fingerprint density at radius 1 is 1.32 bits per heavy atom. The van der Waals surface area contributed by atoms with E-state index in [0.717, 1.165) is 10.9 Å². The average Bonchev–Trinajstić information content (AvgIpc) is 2.75. The topological polar surface area (TPSA) is 46.2 Å². The molecular weight excluding hydrogens is 309 g/mol. The highest BCUT2D eigenvalue weighted by Crippen LogP contribution is 2.27. The third kappa shape index (κ3) is 3.54. The number of halogens is 2. The molecule has 0 aliphatic rings. The Kier molecular flexibility index (Phi) is 4.25. The number of thiophene rings is 1. The molecule has 0 bridgehead atoms. The number of hydrogen-bond acceptors (Lipinski definition) is 3. The first-order chi connectivity index (χ1) is 8.88. The summed E-state index contributed by atoms with van der Waals surface area (Å²) in [6.45, 7) is 1.71.